The van der Waals surface area contributed by atoms with Gasteiger partial charge in [-0.2, -0.15) is 0 Å². The molecule has 0 saturated heterocycles. The fraction of sp³-hybridized carbons (Fsp3) is 0.105. The second kappa shape index (κ2) is 6.31. The molecule has 0 aliphatic carbocycles. The van der Waals surface area contributed by atoms with E-state index in [1.165, 1.54) is 16.7 Å². The number of hydrogen-bond acceptors (Lipinski definition) is 3. The van der Waals surface area contributed by atoms with Gasteiger partial charge in [-0.25, -0.2) is 4.98 Å². The van der Waals surface area contributed by atoms with Crippen molar-refractivity contribution < 1.29 is 0 Å². The predicted molar refractivity (Wildman–Crippen MR) is 91.6 cm³/mol. The van der Waals surface area contributed by atoms with Crippen LogP contribution in [0, 0.1) is 0 Å². The summed E-state index contributed by atoms with van der Waals surface area (Å²) in [6, 6.07) is 22.9. The summed E-state index contributed by atoms with van der Waals surface area (Å²) < 4.78 is 0. The largest absolute Gasteiger partial charge is 0.384 e. The zero-order valence-electron chi connectivity index (χ0n) is 12.4. The molecular weight excluding hydrogens is 270 g/mol. The molecule has 1 aromatic heterocycles. The SMILES string of the molecule is Nc1cc(Cc2cccc(Cc3ccccc3)c2)cc(N)n1. The average Bonchev–Trinajstić information content (AvgIpc) is 2.47. The average molecular weight is 289 g/mol. The molecule has 3 nitrogen and oxygen atoms in total. The Morgan fingerprint density at radius 3 is 1.77 bits per heavy atom. The molecule has 110 valence electrons. The van der Waals surface area contributed by atoms with Crippen molar-refractivity contribution in [2.45, 2.75) is 12.8 Å². The van der Waals surface area contributed by atoms with Gasteiger partial charge in [-0.1, -0.05) is 54.6 Å². The van der Waals surface area contributed by atoms with Gasteiger partial charge in [0.1, 0.15) is 11.6 Å². The van der Waals surface area contributed by atoms with E-state index >= 15 is 0 Å². The quantitative estimate of drug-likeness (QED) is 0.773. The van der Waals surface area contributed by atoms with Gasteiger partial charge in [0.2, 0.25) is 0 Å². The maximum Gasteiger partial charge on any atom is 0.126 e. The van der Waals surface area contributed by atoms with Crippen molar-refractivity contribution in [1.82, 2.24) is 4.98 Å². The highest BCUT2D eigenvalue weighted by molar-refractivity contribution is 5.45. The van der Waals surface area contributed by atoms with Crippen LogP contribution >= 0.6 is 0 Å². The van der Waals surface area contributed by atoms with Crippen molar-refractivity contribution >= 4 is 11.6 Å². The normalized spacial score (nSPS) is 10.5. The molecule has 1 heterocycles. The Kier molecular flexibility index (Phi) is 4.05. The molecule has 0 spiro atoms. The van der Waals surface area contributed by atoms with Crippen LogP contribution in [0.15, 0.2) is 66.7 Å². The lowest BCUT2D eigenvalue weighted by Gasteiger charge is -2.07. The third-order valence-corrected chi connectivity index (χ3v) is 3.58. The smallest absolute Gasteiger partial charge is 0.126 e. The Morgan fingerprint density at radius 1 is 0.591 bits per heavy atom. The van der Waals surface area contributed by atoms with E-state index in [0.29, 0.717) is 11.6 Å². The van der Waals surface area contributed by atoms with Crippen LogP contribution < -0.4 is 11.5 Å². The Bertz CT molecular complexity index is 746. The van der Waals surface area contributed by atoms with Gasteiger partial charge in [0.15, 0.2) is 0 Å². The monoisotopic (exact) mass is 289 g/mol. The van der Waals surface area contributed by atoms with Crippen molar-refractivity contribution in [1.29, 1.82) is 0 Å². The summed E-state index contributed by atoms with van der Waals surface area (Å²) in [6.45, 7) is 0. The summed E-state index contributed by atoms with van der Waals surface area (Å²) in [5, 5.41) is 0. The number of aromatic nitrogens is 1. The molecule has 0 fully saturated rings. The van der Waals surface area contributed by atoms with Gasteiger partial charge < -0.3 is 11.5 Å². The molecule has 0 unspecified atom stereocenters. The lowest BCUT2D eigenvalue weighted by molar-refractivity contribution is 1.13. The highest BCUT2D eigenvalue weighted by atomic mass is 14.9. The van der Waals surface area contributed by atoms with E-state index in [9.17, 15) is 0 Å². The molecule has 0 bridgehead atoms. The van der Waals surface area contributed by atoms with Crippen molar-refractivity contribution in [3.05, 3.63) is 89.0 Å². The van der Waals surface area contributed by atoms with Gasteiger partial charge in [-0.15, -0.1) is 0 Å². The second-order valence-corrected chi connectivity index (χ2v) is 5.48. The maximum absolute atomic E-state index is 5.75. The van der Waals surface area contributed by atoms with Crippen molar-refractivity contribution in [2.75, 3.05) is 11.5 Å². The molecule has 0 atom stereocenters. The summed E-state index contributed by atoms with van der Waals surface area (Å²) in [4.78, 5) is 4.00. The zero-order chi connectivity index (χ0) is 15.4. The highest BCUT2D eigenvalue weighted by Crippen LogP contribution is 2.17. The second-order valence-electron chi connectivity index (χ2n) is 5.48. The molecule has 3 aromatic rings. The molecule has 3 rings (SSSR count). The van der Waals surface area contributed by atoms with Crippen molar-refractivity contribution in [3.8, 4) is 0 Å². The number of nitrogens with two attached hydrogens (primary N) is 2. The lowest BCUT2D eigenvalue weighted by atomic mass is 9.99. The summed E-state index contributed by atoms with van der Waals surface area (Å²) in [7, 11) is 0. The van der Waals surface area contributed by atoms with Crippen LogP contribution in [0.25, 0.3) is 0 Å². The topological polar surface area (TPSA) is 64.9 Å². The molecule has 0 aliphatic rings. The van der Waals surface area contributed by atoms with Gasteiger partial charge in [0, 0.05) is 0 Å². The van der Waals surface area contributed by atoms with Crippen molar-refractivity contribution in [2.24, 2.45) is 0 Å². The molecule has 4 N–H and O–H groups in total. The molecule has 3 heteroatoms. The number of nitrogen functional groups attached to an aromatic ring is 2. The Balaban J connectivity index is 1.79. The van der Waals surface area contributed by atoms with Crippen LogP contribution in [0.5, 0.6) is 0 Å². The van der Waals surface area contributed by atoms with Gasteiger partial charge >= 0.3 is 0 Å². The molecule has 0 saturated carbocycles. The Labute approximate surface area is 130 Å². The van der Waals surface area contributed by atoms with Crippen LogP contribution in [0.4, 0.5) is 11.6 Å². The first-order valence-electron chi connectivity index (χ1n) is 7.33. The fourth-order valence-electron chi connectivity index (χ4n) is 2.65. The molecule has 22 heavy (non-hydrogen) atoms. The maximum atomic E-state index is 5.75. The third-order valence-electron chi connectivity index (χ3n) is 3.58. The first-order valence-corrected chi connectivity index (χ1v) is 7.33. The van der Waals surface area contributed by atoms with E-state index in [4.69, 9.17) is 11.5 Å². The summed E-state index contributed by atoms with van der Waals surface area (Å²) in [5.41, 5.74) is 16.5. The summed E-state index contributed by atoms with van der Waals surface area (Å²) in [6.07, 6.45) is 1.74. The number of anilines is 2. The van der Waals surface area contributed by atoms with Gasteiger partial charge in [-0.05, 0) is 47.2 Å². The van der Waals surface area contributed by atoms with Crippen LogP contribution in [0.2, 0.25) is 0 Å². The van der Waals surface area contributed by atoms with E-state index in [1.54, 1.807) is 0 Å². The summed E-state index contributed by atoms with van der Waals surface area (Å²) >= 11 is 0. The molecule has 0 aliphatic heterocycles. The fourth-order valence-corrected chi connectivity index (χ4v) is 2.65. The van der Waals surface area contributed by atoms with Gasteiger partial charge in [0.25, 0.3) is 0 Å². The first kappa shape index (κ1) is 14.1. The predicted octanol–water partition coefficient (Wildman–Crippen LogP) is 3.43. The van der Waals surface area contributed by atoms with Crippen LogP contribution in [-0.4, -0.2) is 4.98 Å². The van der Waals surface area contributed by atoms with E-state index in [0.717, 1.165) is 18.4 Å². The molecule has 2 aromatic carbocycles. The lowest BCUT2D eigenvalue weighted by Crippen LogP contribution is -1.99. The zero-order valence-corrected chi connectivity index (χ0v) is 12.4. The Morgan fingerprint density at radius 2 is 1.14 bits per heavy atom. The number of nitrogens with zero attached hydrogens (tertiary/aromatic N) is 1. The highest BCUT2D eigenvalue weighted by Gasteiger charge is 2.02. The standard InChI is InChI=1S/C19H19N3/c20-18-12-17(13-19(21)22-18)11-16-8-4-7-15(10-16)9-14-5-2-1-3-6-14/h1-8,10,12-13H,9,11H2,(H4,20,21,22). The van der Waals surface area contributed by atoms with Crippen molar-refractivity contribution in [3.63, 3.8) is 0 Å². The number of rotatable bonds is 4. The van der Waals surface area contributed by atoms with Crippen LogP contribution in [-0.2, 0) is 12.8 Å². The minimum atomic E-state index is 0.468. The third kappa shape index (κ3) is 3.64. The number of hydrogen-bond donors (Lipinski definition) is 2. The van der Waals surface area contributed by atoms with E-state index < -0.39 is 0 Å². The summed E-state index contributed by atoms with van der Waals surface area (Å²) in [5.74, 6) is 0.936. The van der Waals surface area contributed by atoms with Gasteiger partial charge in [0.05, 0.1) is 0 Å². The van der Waals surface area contributed by atoms with Crippen LogP contribution in [0.1, 0.15) is 22.3 Å². The number of benzene rings is 2. The van der Waals surface area contributed by atoms with E-state index in [2.05, 4.69) is 53.5 Å². The first-order chi connectivity index (χ1) is 10.7. The Hall–Kier alpha value is -2.81. The number of pyridine rings is 1. The minimum absolute atomic E-state index is 0.468. The van der Waals surface area contributed by atoms with E-state index in [1.807, 2.05) is 18.2 Å². The molecule has 0 amide bonds. The molecular formula is C19H19N3. The van der Waals surface area contributed by atoms with Gasteiger partial charge in [-0.3, -0.25) is 0 Å². The minimum Gasteiger partial charge on any atom is -0.384 e. The molecule has 0 radical (unpaired) electrons. The van der Waals surface area contributed by atoms with E-state index in [-0.39, 0.29) is 0 Å². The van der Waals surface area contributed by atoms with Crippen LogP contribution in [0.3, 0.4) is 0 Å².